The Hall–Kier alpha value is -2.36. The maximum absolute atomic E-state index is 13.2. The van der Waals surface area contributed by atoms with Crippen molar-refractivity contribution in [3.8, 4) is 0 Å². The molecular weight excluding hydrogens is 241 g/mol. The third kappa shape index (κ3) is 2.29. The highest BCUT2D eigenvalue weighted by Crippen LogP contribution is 2.16. The lowest BCUT2D eigenvalue weighted by molar-refractivity contribution is 0.618. The number of aromatic nitrogens is 2. The topological polar surface area (TPSA) is 29.3 Å². The monoisotopic (exact) mass is 255 g/mol. The van der Waals surface area contributed by atoms with Crippen LogP contribution < -0.4 is 5.32 Å². The minimum Gasteiger partial charge on any atom is -0.381 e. The van der Waals surface area contributed by atoms with E-state index in [1.54, 1.807) is 19.1 Å². The number of aryl methyl sites for hydroxylation is 1. The summed E-state index contributed by atoms with van der Waals surface area (Å²) in [6, 6.07) is 11.0. The molecule has 0 bridgehead atoms. The van der Waals surface area contributed by atoms with Gasteiger partial charge in [-0.2, -0.15) is 5.10 Å². The number of pyridine rings is 1. The van der Waals surface area contributed by atoms with Gasteiger partial charge < -0.3 is 5.32 Å². The fourth-order valence-corrected chi connectivity index (χ4v) is 2.08. The first-order valence-corrected chi connectivity index (χ1v) is 6.15. The maximum atomic E-state index is 13.2. The summed E-state index contributed by atoms with van der Waals surface area (Å²) in [5.74, 6) is -0.179. The summed E-state index contributed by atoms with van der Waals surface area (Å²) >= 11 is 0. The van der Waals surface area contributed by atoms with Gasteiger partial charge in [-0.25, -0.2) is 8.91 Å². The molecule has 0 atom stereocenters. The van der Waals surface area contributed by atoms with E-state index in [1.165, 1.54) is 6.07 Å². The molecule has 3 nitrogen and oxygen atoms in total. The van der Waals surface area contributed by atoms with Crippen LogP contribution in [0.4, 0.5) is 10.1 Å². The molecule has 1 N–H and O–H groups in total. The van der Waals surface area contributed by atoms with E-state index in [1.807, 2.05) is 35.1 Å². The zero-order valence-corrected chi connectivity index (χ0v) is 10.6. The summed E-state index contributed by atoms with van der Waals surface area (Å²) in [6.07, 6.45) is 3.76. The Bertz CT molecular complexity index is 718. The van der Waals surface area contributed by atoms with Gasteiger partial charge in [0.2, 0.25) is 0 Å². The molecule has 96 valence electrons. The first kappa shape index (κ1) is 11.7. The number of nitrogens with zero attached hydrogens (tertiary/aromatic N) is 2. The second kappa shape index (κ2) is 4.72. The van der Waals surface area contributed by atoms with E-state index in [9.17, 15) is 4.39 Å². The minimum atomic E-state index is -0.179. The van der Waals surface area contributed by atoms with E-state index >= 15 is 0 Å². The summed E-state index contributed by atoms with van der Waals surface area (Å²) in [6.45, 7) is 2.43. The van der Waals surface area contributed by atoms with Crippen molar-refractivity contribution in [2.24, 2.45) is 0 Å². The van der Waals surface area contributed by atoms with Gasteiger partial charge in [-0.3, -0.25) is 0 Å². The van der Waals surface area contributed by atoms with Crippen LogP contribution in [0.5, 0.6) is 0 Å². The lowest BCUT2D eigenvalue weighted by atomic mass is 10.2. The second-order valence-corrected chi connectivity index (χ2v) is 4.52. The Morgan fingerprint density at radius 1 is 1.26 bits per heavy atom. The Kier molecular flexibility index (Phi) is 2.91. The molecule has 19 heavy (non-hydrogen) atoms. The van der Waals surface area contributed by atoms with E-state index in [0.29, 0.717) is 12.1 Å². The molecule has 2 heterocycles. The molecule has 4 heteroatoms. The van der Waals surface area contributed by atoms with Crippen molar-refractivity contribution in [3.05, 3.63) is 65.7 Å². The fraction of sp³-hybridized carbons (Fsp3) is 0.133. The molecule has 2 aromatic heterocycles. The summed E-state index contributed by atoms with van der Waals surface area (Å²) in [5, 5.41) is 7.57. The normalized spacial score (nSPS) is 10.8. The van der Waals surface area contributed by atoms with Gasteiger partial charge >= 0.3 is 0 Å². The predicted octanol–water partition coefficient (Wildman–Crippen LogP) is 3.39. The van der Waals surface area contributed by atoms with Crippen LogP contribution in [0.15, 0.2) is 48.8 Å². The Morgan fingerprint density at radius 2 is 2.16 bits per heavy atom. The Labute approximate surface area is 110 Å². The molecule has 0 unspecified atom stereocenters. The zero-order chi connectivity index (χ0) is 13.2. The Balaban J connectivity index is 1.80. The molecule has 0 aliphatic carbocycles. The second-order valence-electron chi connectivity index (χ2n) is 4.52. The van der Waals surface area contributed by atoms with Crippen molar-refractivity contribution < 1.29 is 4.39 Å². The van der Waals surface area contributed by atoms with Gasteiger partial charge in [-0.05, 0) is 42.8 Å². The van der Waals surface area contributed by atoms with E-state index in [4.69, 9.17) is 0 Å². The van der Waals surface area contributed by atoms with Crippen molar-refractivity contribution in [2.75, 3.05) is 5.32 Å². The van der Waals surface area contributed by atoms with Gasteiger partial charge in [0.1, 0.15) is 5.82 Å². The summed E-state index contributed by atoms with van der Waals surface area (Å²) < 4.78 is 15.0. The molecule has 1 aromatic carbocycles. The Morgan fingerprint density at radius 3 is 3.00 bits per heavy atom. The number of halogens is 1. The molecule has 0 aliphatic heterocycles. The molecule has 0 radical (unpaired) electrons. The maximum Gasteiger partial charge on any atom is 0.126 e. The molecule has 0 amide bonds. The standard InChI is InChI=1S/C15H14FN3/c1-11-8-13(5-6-14(11)16)17-9-12-10-18-19-7-3-2-4-15(12)19/h2-8,10,17H,9H2,1H3. The molecule has 3 rings (SSSR count). The molecule has 0 fully saturated rings. The van der Waals surface area contributed by atoms with Crippen molar-refractivity contribution >= 4 is 11.2 Å². The average Bonchev–Trinajstić information content (AvgIpc) is 2.83. The van der Waals surface area contributed by atoms with Crippen LogP contribution in [0.25, 0.3) is 5.52 Å². The van der Waals surface area contributed by atoms with Crippen LogP contribution in [0.2, 0.25) is 0 Å². The van der Waals surface area contributed by atoms with Crippen LogP contribution in [0, 0.1) is 12.7 Å². The number of rotatable bonds is 3. The lowest BCUT2D eigenvalue weighted by Gasteiger charge is -2.06. The van der Waals surface area contributed by atoms with Crippen LogP contribution in [0.3, 0.4) is 0 Å². The van der Waals surface area contributed by atoms with Crippen molar-refractivity contribution in [3.63, 3.8) is 0 Å². The lowest BCUT2D eigenvalue weighted by Crippen LogP contribution is -1.99. The third-order valence-corrected chi connectivity index (χ3v) is 3.15. The van der Waals surface area contributed by atoms with Crippen LogP contribution >= 0.6 is 0 Å². The van der Waals surface area contributed by atoms with Crippen LogP contribution in [-0.2, 0) is 6.54 Å². The van der Waals surface area contributed by atoms with Gasteiger partial charge in [-0.1, -0.05) is 6.07 Å². The summed E-state index contributed by atoms with van der Waals surface area (Å²) in [4.78, 5) is 0. The number of nitrogens with one attached hydrogen (secondary N) is 1. The van der Waals surface area contributed by atoms with Crippen molar-refractivity contribution in [2.45, 2.75) is 13.5 Å². The number of hydrogen-bond acceptors (Lipinski definition) is 2. The van der Waals surface area contributed by atoms with Gasteiger partial charge in [0.25, 0.3) is 0 Å². The van der Waals surface area contributed by atoms with Crippen LogP contribution in [-0.4, -0.2) is 9.61 Å². The first-order chi connectivity index (χ1) is 9.24. The van der Waals surface area contributed by atoms with Gasteiger partial charge in [0.05, 0.1) is 11.7 Å². The van der Waals surface area contributed by atoms with E-state index in [2.05, 4.69) is 10.4 Å². The smallest absolute Gasteiger partial charge is 0.126 e. The predicted molar refractivity (Wildman–Crippen MR) is 73.7 cm³/mol. The van der Waals surface area contributed by atoms with Crippen LogP contribution in [0.1, 0.15) is 11.1 Å². The van der Waals surface area contributed by atoms with Gasteiger partial charge in [-0.15, -0.1) is 0 Å². The van der Waals surface area contributed by atoms with Crippen molar-refractivity contribution in [1.82, 2.24) is 9.61 Å². The SMILES string of the molecule is Cc1cc(NCc2cnn3ccccc23)ccc1F. The van der Waals surface area contributed by atoms with E-state index in [0.717, 1.165) is 16.8 Å². The van der Waals surface area contributed by atoms with Gasteiger partial charge in [0, 0.05) is 24.0 Å². The fourth-order valence-electron chi connectivity index (χ4n) is 2.08. The number of hydrogen-bond donors (Lipinski definition) is 1. The number of benzene rings is 1. The molecule has 0 aliphatic rings. The minimum absolute atomic E-state index is 0.179. The summed E-state index contributed by atoms with van der Waals surface area (Å²) in [5.41, 5.74) is 3.75. The largest absolute Gasteiger partial charge is 0.381 e. The molecule has 3 aromatic rings. The van der Waals surface area contributed by atoms with Gasteiger partial charge in [0.15, 0.2) is 0 Å². The molecular formula is C15H14FN3. The average molecular weight is 255 g/mol. The molecule has 0 saturated carbocycles. The highest BCUT2D eigenvalue weighted by atomic mass is 19.1. The number of fused-ring (bicyclic) bond motifs is 1. The first-order valence-electron chi connectivity index (χ1n) is 6.15. The van der Waals surface area contributed by atoms with Crippen molar-refractivity contribution in [1.29, 1.82) is 0 Å². The third-order valence-electron chi connectivity index (χ3n) is 3.15. The number of anilines is 1. The molecule has 0 saturated heterocycles. The zero-order valence-electron chi connectivity index (χ0n) is 10.6. The quantitative estimate of drug-likeness (QED) is 0.777. The van der Waals surface area contributed by atoms with E-state index < -0.39 is 0 Å². The summed E-state index contributed by atoms with van der Waals surface area (Å²) in [7, 11) is 0. The highest BCUT2D eigenvalue weighted by molar-refractivity contribution is 5.55. The van der Waals surface area contributed by atoms with E-state index in [-0.39, 0.29) is 5.82 Å². The highest BCUT2D eigenvalue weighted by Gasteiger charge is 2.03. The molecule has 0 spiro atoms.